The number of nitro groups is 1. The third-order valence-electron chi connectivity index (χ3n) is 4.00. The smallest absolute Gasteiger partial charge is 0.272 e. The molecular formula is C19H17N3O3S. The van der Waals surface area contributed by atoms with Gasteiger partial charge in [0.15, 0.2) is 5.13 Å². The number of hydrogen-bond donors (Lipinski definition) is 1. The van der Waals surface area contributed by atoms with E-state index in [1.165, 1.54) is 35.1 Å². The number of nitro benzene ring substituents is 1. The fraction of sp³-hybridized carbons (Fsp3) is 0.158. The Morgan fingerprint density at radius 2 is 1.81 bits per heavy atom. The van der Waals surface area contributed by atoms with E-state index in [1.807, 2.05) is 38.1 Å². The topological polar surface area (TPSA) is 85.1 Å². The molecule has 0 aliphatic carbocycles. The van der Waals surface area contributed by atoms with Crippen molar-refractivity contribution in [3.63, 3.8) is 0 Å². The second-order valence-corrected chi connectivity index (χ2v) is 7.21. The first-order chi connectivity index (χ1) is 12.3. The lowest BCUT2D eigenvalue weighted by Gasteiger charge is -2.03. The van der Waals surface area contributed by atoms with Gasteiger partial charge in [0.05, 0.1) is 10.6 Å². The van der Waals surface area contributed by atoms with Crippen LogP contribution in [0.3, 0.4) is 0 Å². The normalized spacial score (nSPS) is 10.6. The number of amides is 1. The van der Waals surface area contributed by atoms with Crippen LogP contribution >= 0.6 is 11.3 Å². The standard InChI is InChI=1S/C19H17N3O3S/c1-11-4-6-14(7-5-11)17-13(3)26-19(20-17)21-18(23)15-8-9-16(22(24)25)12(2)10-15/h4-10H,1-3H3,(H,20,21,23). The predicted molar refractivity (Wildman–Crippen MR) is 103 cm³/mol. The Morgan fingerprint density at radius 3 is 2.42 bits per heavy atom. The number of rotatable bonds is 4. The molecule has 0 spiro atoms. The van der Waals surface area contributed by atoms with Crippen molar-refractivity contribution in [2.45, 2.75) is 20.8 Å². The lowest BCUT2D eigenvalue weighted by atomic mass is 10.1. The van der Waals surface area contributed by atoms with Gasteiger partial charge >= 0.3 is 0 Å². The molecule has 6 nitrogen and oxygen atoms in total. The van der Waals surface area contributed by atoms with E-state index >= 15 is 0 Å². The van der Waals surface area contributed by atoms with Crippen molar-refractivity contribution < 1.29 is 9.72 Å². The van der Waals surface area contributed by atoms with Crippen LogP contribution in [0.25, 0.3) is 11.3 Å². The molecule has 132 valence electrons. The summed E-state index contributed by atoms with van der Waals surface area (Å²) >= 11 is 1.40. The fourth-order valence-electron chi connectivity index (χ4n) is 2.60. The van der Waals surface area contributed by atoms with Crippen LogP contribution in [-0.2, 0) is 0 Å². The number of aromatic nitrogens is 1. The van der Waals surface area contributed by atoms with Crippen molar-refractivity contribution in [2.75, 3.05) is 5.32 Å². The van der Waals surface area contributed by atoms with Crippen molar-refractivity contribution >= 4 is 28.1 Å². The van der Waals surface area contributed by atoms with Crippen molar-refractivity contribution in [3.05, 3.63) is 74.1 Å². The summed E-state index contributed by atoms with van der Waals surface area (Å²) in [6, 6.07) is 12.3. The van der Waals surface area contributed by atoms with Gasteiger partial charge in [-0.1, -0.05) is 29.8 Å². The van der Waals surface area contributed by atoms with Crippen LogP contribution in [0.4, 0.5) is 10.8 Å². The highest BCUT2D eigenvalue weighted by atomic mass is 32.1. The Bertz CT molecular complexity index is 994. The number of aryl methyl sites for hydroxylation is 3. The molecule has 0 atom stereocenters. The fourth-order valence-corrected chi connectivity index (χ4v) is 3.43. The van der Waals surface area contributed by atoms with E-state index in [2.05, 4.69) is 10.3 Å². The van der Waals surface area contributed by atoms with E-state index in [4.69, 9.17) is 0 Å². The van der Waals surface area contributed by atoms with Gasteiger partial charge in [-0.3, -0.25) is 20.2 Å². The SMILES string of the molecule is Cc1ccc(-c2nc(NC(=O)c3ccc([N+](=O)[O-])c(C)c3)sc2C)cc1. The third kappa shape index (κ3) is 3.62. The largest absolute Gasteiger partial charge is 0.298 e. The molecule has 0 saturated heterocycles. The van der Waals surface area contributed by atoms with Crippen LogP contribution in [0.1, 0.15) is 26.4 Å². The van der Waals surface area contributed by atoms with Gasteiger partial charge in [-0.25, -0.2) is 4.98 Å². The molecule has 0 aliphatic rings. The maximum absolute atomic E-state index is 12.4. The van der Waals surface area contributed by atoms with Gasteiger partial charge in [-0.15, -0.1) is 11.3 Å². The van der Waals surface area contributed by atoms with Gasteiger partial charge in [0.2, 0.25) is 0 Å². The van der Waals surface area contributed by atoms with Crippen LogP contribution in [0.2, 0.25) is 0 Å². The van der Waals surface area contributed by atoms with Gasteiger partial charge < -0.3 is 0 Å². The molecular weight excluding hydrogens is 350 g/mol. The summed E-state index contributed by atoms with van der Waals surface area (Å²) in [4.78, 5) is 28.4. The minimum Gasteiger partial charge on any atom is -0.298 e. The molecule has 2 aromatic carbocycles. The summed E-state index contributed by atoms with van der Waals surface area (Å²) in [7, 11) is 0. The first-order valence-electron chi connectivity index (χ1n) is 7.96. The third-order valence-corrected chi connectivity index (χ3v) is 4.88. The Morgan fingerprint density at radius 1 is 1.12 bits per heavy atom. The number of carbonyl (C=O) groups is 1. The molecule has 3 aromatic rings. The molecule has 26 heavy (non-hydrogen) atoms. The molecule has 0 bridgehead atoms. The van der Waals surface area contributed by atoms with Crippen molar-refractivity contribution in [1.29, 1.82) is 0 Å². The number of thiazole rings is 1. The highest BCUT2D eigenvalue weighted by Crippen LogP contribution is 2.31. The number of hydrogen-bond acceptors (Lipinski definition) is 5. The Balaban J connectivity index is 1.82. The maximum Gasteiger partial charge on any atom is 0.272 e. The van der Waals surface area contributed by atoms with E-state index < -0.39 is 4.92 Å². The van der Waals surface area contributed by atoms with Crippen LogP contribution in [0, 0.1) is 30.9 Å². The second kappa shape index (κ2) is 7.05. The predicted octanol–water partition coefficient (Wildman–Crippen LogP) is 4.90. The summed E-state index contributed by atoms with van der Waals surface area (Å²) in [6.45, 7) is 5.59. The van der Waals surface area contributed by atoms with Crippen molar-refractivity contribution in [3.8, 4) is 11.3 Å². The van der Waals surface area contributed by atoms with Crippen LogP contribution < -0.4 is 5.32 Å². The van der Waals surface area contributed by atoms with Gasteiger partial charge in [0, 0.05) is 27.6 Å². The zero-order valence-electron chi connectivity index (χ0n) is 14.6. The first kappa shape index (κ1) is 17.8. The minimum atomic E-state index is -0.463. The molecule has 0 radical (unpaired) electrons. The first-order valence-corrected chi connectivity index (χ1v) is 8.77. The van der Waals surface area contributed by atoms with Gasteiger partial charge in [0.25, 0.3) is 11.6 Å². The molecule has 0 aliphatic heterocycles. The highest BCUT2D eigenvalue weighted by Gasteiger charge is 2.16. The number of nitrogens with zero attached hydrogens (tertiary/aromatic N) is 2. The van der Waals surface area contributed by atoms with Gasteiger partial charge in [-0.2, -0.15) is 0 Å². The molecule has 1 amide bonds. The maximum atomic E-state index is 12.4. The number of nitrogens with one attached hydrogen (secondary N) is 1. The summed E-state index contributed by atoms with van der Waals surface area (Å²) in [5, 5.41) is 14.2. The Kier molecular flexibility index (Phi) is 4.81. The average Bonchev–Trinajstić information content (AvgIpc) is 2.95. The van der Waals surface area contributed by atoms with E-state index in [9.17, 15) is 14.9 Å². The Hall–Kier alpha value is -3.06. The molecule has 1 heterocycles. The van der Waals surface area contributed by atoms with Crippen LogP contribution in [0.15, 0.2) is 42.5 Å². The molecule has 1 N–H and O–H groups in total. The van der Waals surface area contributed by atoms with E-state index in [1.54, 1.807) is 6.92 Å². The molecule has 0 unspecified atom stereocenters. The zero-order chi connectivity index (χ0) is 18.8. The van der Waals surface area contributed by atoms with E-state index in [0.717, 1.165) is 16.1 Å². The molecule has 0 saturated carbocycles. The van der Waals surface area contributed by atoms with Crippen LogP contribution in [-0.4, -0.2) is 15.8 Å². The highest BCUT2D eigenvalue weighted by molar-refractivity contribution is 7.16. The lowest BCUT2D eigenvalue weighted by molar-refractivity contribution is -0.385. The van der Waals surface area contributed by atoms with Crippen LogP contribution in [0.5, 0.6) is 0 Å². The quantitative estimate of drug-likeness (QED) is 0.525. The summed E-state index contributed by atoms with van der Waals surface area (Å²) in [5.74, 6) is -0.341. The minimum absolute atomic E-state index is 0.00620. The summed E-state index contributed by atoms with van der Waals surface area (Å²) < 4.78 is 0. The monoisotopic (exact) mass is 367 g/mol. The number of anilines is 1. The number of benzene rings is 2. The van der Waals surface area contributed by atoms with E-state index in [0.29, 0.717) is 16.3 Å². The van der Waals surface area contributed by atoms with Gasteiger partial charge in [-0.05, 0) is 32.9 Å². The Labute approximate surface area is 154 Å². The van der Waals surface area contributed by atoms with E-state index in [-0.39, 0.29) is 11.6 Å². The molecule has 1 aromatic heterocycles. The molecule has 0 fully saturated rings. The zero-order valence-corrected chi connectivity index (χ0v) is 15.4. The van der Waals surface area contributed by atoms with Crippen molar-refractivity contribution in [2.24, 2.45) is 0 Å². The second-order valence-electron chi connectivity index (χ2n) is 6.00. The van der Waals surface area contributed by atoms with Crippen molar-refractivity contribution in [1.82, 2.24) is 4.98 Å². The molecule has 3 rings (SSSR count). The van der Waals surface area contributed by atoms with Gasteiger partial charge in [0.1, 0.15) is 0 Å². The lowest BCUT2D eigenvalue weighted by Crippen LogP contribution is -2.12. The molecule has 7 heteroatoms. The summed E-state index contributed by atoms with van der Waals surface area (Å²) in [5.41, 5.74) is 3.80. The summed E-state index contributed by atoms with van der Waals surface area (Å²) in [6.07, 6.45) is 0. The number of carbonyl (C=O) groups excluding carboxylic acids is 1. The average molecular weight is 367 g/mol.